The molecule has 0 fully saturated rings. The minimum atomic E-state index is -0.585. The first kappa shape index (κ1) is 16.9. The fourth-order valence-electron chi connectivity index (χ4n) is 1.93. The molecule has 0 aliphatic heterocycles. The SMILES string of the molecule is CC(=O)N(CC(=O)NCc1ccccn1)c1ccc(F)c(Cl)c1. The summed E-state index contributed by atoms with van der Waals surface area (Å²) in [5.74, 6) is -1.29. The van der Waals surface area contributed by atoms with E-state index < -0.39 is 5.82 Å². The van der Waals surface area contributed by atoms with Crippen LogP contribution in [0.4, 0.5) is 10.1 Å². The van der Waals surface area contributed by atoms with Crippen molar-refractivity contribution in [2.45, 2.75) is 13.5 Å². The molecule has 0 spiro atoms. The van der Waals surface area contributed by atoms with Gasteiger partial charge in [-0.2, -0.15) is 0 Å². The molecule has 2 rings (SSSR count). The molecule has 0 radical (unpaired) electrons. The van der Waals surface area contributed by atoms with Crippen molar-refractivity contribution in [2.75, 3.05) is 11.4 Å². The number of aromatic nitrogens is 1. The van der Waals surface area contributed by atoms with E-state index in [9.17, 15) is 14.0 Å². The number of carbonyl (C=O) groups excluding carboxylic acids is 2. The zero-order valence-corrected chi connectivity index (χ0v) is 13.2. The van der Waals surface area contributed by atoms with Crippen LogP contribution in [0.2, 0.25) is 5.02 Å². The molecule has 1 aromatic heterocycles. The van der Waals surface area contributed by atoms with Gasteiger partial charge in [0.15, 0.2) is 0 Å². The first-order chi connectivity index (χ1) is 11.0. The Morgan fingerprint density at radius 1 is 1.30 bits per heavy atom. The Labute approximate surface area is 138 Å². The molecule has 2 amide bonds. The van der Waals surface area contributed by atoms with Crippen molar-refractivity contribution in [2.24, 2.45) is 0 Å². The van der Waals surface area contributed by atoms with Gasteiger partial charge < -0.3 is 10.2 Å². The highest BCUT2D eigenvalue weighted by molar-refractivity contribution is 6.31. The third kappa shape index (κ3) is 4.75. The quantitative estimate of drug-likeness (QED) is 0.913. The number of amides is 2. The van der Waals surface area contributed by atoms with Gasteiger partial charge in [-0.1, -0.05) is 17.7 Å². The third-order valence-corrected chi connectivity index (χ3v) is 3.38. The zero-order chi connectivity index (χ0) is 16.8. The highest BCUT2D eigenvalue weighted by Gasteiger charge is 2.17. The number of benzene rings is 1. The molecule has 0 unspecified atom stereocenters. The van der Waals surface area contributed by atoms with Gasteiger partial charge in [-0.05, 0) is 30.3 Å². The van der Waals surface area contributed by atoms with Gasteiger partial charge in [0, 0.05) is 18.8 Å². The third-order valence-electron chi connectivity index (χ3n) is 3.09. The Kier molecular flexibility index (Phi) is 5.65. The summed E-state index contributed by atoms with van der Waals surface area (Å²) in [5.41, 5.74) is 1.07. The van der Waals surface area contributed by atoms with Gasteiger partial charge >= 0.3 is 0 Å². The summed E-state index contributed by atoms with van der Waals surface area (Å²) in [6.07, 6.45) is 1.63. The molecule has 0 aliphatic carbocycles. The zero-order valence-electron chi connectivity index (χ0n) is 12.4. The fourth-order valence-corrected chi connectivity index (χ4v) is 2.10. The Morgan fingerprint density at radius 2 is 2.09 bits per heavy atom. The number of anilines is 1. The van der Waals surface area contributed by atoms with Gasteiger partial charge in [0.1, 0.15) is 12.4 Å². The molecular weight excluding hydrogens is 321 g/mol. The van der Waals surface area contributed by atoms with Crippen LogP contribution in [0.3, 0.4) is 0 Å². The van der Waals surface area contributed by atoms with Crippen LogP contribution in [0.15, 0.2) is 42.6 Å². The highest BCUT2D eigenvalue weighted by atomic mass is 35.5. The summed E-state index contributed by atoms with van der Waals surface area (Å²) in [6.45, 7) is 1.39. The molecule has 1 heterocycles. The van der Waals surface area contributed by atoms with E-state index in [0.29, 0.717) is 11.4 Å². The second-order valence-corrected chi connectivity index (χ2v) is 5.21. The molecule has 7 heteroatoms. The number of pyridine rings is 1. The van der Waals surface area contributed by atoms with Gasteiger partial charge in [0.05, 0.1) is 17.3 Å². The number of halogens is 2. The van der Waals surface area contributed by atoms with E-state index in [0.717, 1.165) is 6.07 Å². The Morgan fingerprint density at radius 3 is 2.70 bits per heavy atom. The maximum absolute atomic E-state index is 13.2. The van der Waals surface area contributed by atoms with E-state index in [1.54, 1.807) is 18.3 Å². The monoisotopic (exact) mass is 335 g/mol. The molecule has 120 valence electrons. The summed E-state index contributed by atoms with van der Waals surface area (Å²) < 4.78 is 13.2. The summed E-state index contributed by atoms with van der Waals surface area (Å²) in [4.78, 5) is 29.1. The lowest BCUT2D eigenvalue weighted by atomic mass is 10.2. The predicted octanol–water partition coefficient (Wildman–Crippen LogP) is 2.54. The standard InChI is InChI=1S/C16H15ClFN3O2/c1-11(22)21(13-5-6-15(18)14(17)8-13)10-16(23)20-9-12-4-2-3-7-19-12/h2-8H,9-10H2,1H3,(H,20,23). The average Bonchev–Trinajstić information content (AvgIpc) is 2.54. The van der Waals surface area contributed by atoms with Crippen molar-refractivity contribution in [1.29, 1.82) is 0 Å². The molecule has 0 atom stereocenters. The maximum Gasteiger partial charge on any atom is 0.240 e. The van der Waals surface area contributed by atoms with Crippen LogP contribution in [-0.2, 0) is 16.1 Å². The first-order valence-corrected chi connectivity index (χ1v) is 7.25. The lowest BCUT2D eigenvalue weighted by Gasteiger charge is -2.21. The van der Waals surface area contributed by atoms with Gasteiger partial charge in [-0.15, -0.1) is 0 Å². The van der Waals surface area contributed by atoms with Gasteiger partial charge in [-0.3, -0.25) is 14.6 Å². The minimum Gasteiger partial charge on any atom is -0.349 e. The van der Waals surface area contributed by atoms with E-state index in [1.165, 1.54) is 24.0 Å². The fraction of sp³-hybridized carbons (Fsp3) is 0.188. The molecule has 0 aliphatic rings. The summed E-state index contributed by atoms with van der Waals surface area (Å²) in [7, 11) is 0. The minimum absolute atomic E-state index is 0.109. The van der Waals surface area contributed by atoms with Crippen molar-refractivity contribution in [3.8, 4) is 0 Å². The molecule has 0 bridgehead atoms. The van der Waals surface area contributed by atoms with Crippen LogP contribution >= 0.6 is 11.6 Å². The van der Waals surface area contributed by atoms with Crippen LogP contribution in [0, 0.1) is 5.82 Å². The maximum atomic E-state index is 13.2. The van der Waals surface area contributed by atoms with E-state index in [4.69, 9.17) is 11.6 Å². The summed E-state index contributed by atoms with van der Waals surface area (Å²) in [6, 6.07) is 9.24. The molecule has 1 aromatic carbocycles. The molecule has 23 heavy (non-hydrogen) atoms. The van der Waals surface area contributed by atoms with Gasteiger partial charge in [0.2, 0.25) is 11.8 Å². The average molecular weight is 336 g/mol. The lowest BCUT2D eigenvalue weighted by molar-refractivity contribution is -0.123. The van der Waals surface area contributed by atoms with Crippen molar-refractivity contribution >= 4 is 29.1 Å². The smallest absolute Gasteiger partial charge is 0.240 e. The van der Waals surface area contributed by atoms with E-state index in [1.807, 2.05) is 6.07 Å². The normalized spacial score (nSPS) is 10.2. The second kappa shape index (κ2) is 7.69. The molecule has 2 aromatic rings. The number of nitrogens with zero attached hydrogens (tertiary/aromatic N) is 2. The summed E-state index contributed by atoms with van der Waals surface area (Å²) in [5, 5.41) is 2.57. The van der Waals surface area contributed by atoms with E-state index in [-0.39, 0.29) is 29.9 Å². The molecule has 5 nitrogen and oxygen atoms in total. The highest BCUT2D eigenvalue weighted by Crippen LogP contribution is 2.22. The topological polar surface area (TPSA) is 62.3 Å². The van der Waals surface area contributed by atoms with E-state index >= 15 is 0 Å². The number of nitrogens with one attached hydrogen (secondary N) is 1. The van der Waals surface area contributed by atoms with Crippen molar-refractivity contribution in [3.63, 3.8) is 0 Å². The van der Waals surface area contributed by atoms with Crippen molar-refractivity contribution in [3.05, 3.63) is 59.1 Å². The van der Waals surface area contributed by atoms with Crippen molar-refractivity contribution < 1.29 is 14.0 Å². The molecule has 0 saturated carbocycles. The van der Waals surface area contributed by atoms with Crippen LogP contribution in [-0.4, -0.2) is 23.3 Å². The Balaban J connectivity index is 2.02. The molecular formula is C16H15ClFN3O2. The van der Waals surface area contributed by atoms with Crippen LogP contribution in [0.1, 0.15) is 12.6 Å². The molecule has 1 N–H and O–H groups in total. The second-order valence-electron chi connectivity index (χ2n) is 4.80. The first-order valence-electron chi connectivity index (χ1n) is 6.87. The number of hydrogen-bond donors (Lipinski definition) is 1. The van der Waals surface area contributed by atoms with Crippen LogP contribution < -0.4 is 10.2 Å². The number of hydrogen-bond acceptors (Lipinski definition) is 3. The van der Waals surface area contributed by atoms with E-state index in [2.05, 4.69) is 10.3 Å². The Bertz CT molecular complexity index is 710. The number of rotatable bonds is 5. The van der Waals surface area contributed by atoms with Gasteiger partial charge in [-0.25, -0.2) is 4.39 Å². The van der Waals surface area contributed by atoms with Crippen molar-refractivity contribution in [1.82, 2.24) is 10.3 Å². The van der Waals surface area contributed by atoms with Crippen LogP contribution in [0.25, 0.3) is 0 Å². The van der Waals surface area contributed by atoms with Gasteiger partial charge in [0.25, 0.3) is 0 Å². The number of carbonyl (C=O) groups is 2. The predicted molar refractivity (Wildman–Crippen MR) is 85.5 cm³/mol. The largest absolute Gasteiger partial charge is 0.349 e. The lowest BCUT2D eigenvalue weighted by Crippen LogP contribution is -2.39. The molecule has 0 saturated heterocycles. The Hall–Kier alpha value is -2.47. The van der Waals surface area contributed by atoms with Crippen LogP contribution in [0.5, 0.6) is 0 Å². The summed E-state index contributed by atoms with van der Waals surface area (Å²) >= 11 is 5.72.